The van der Waals surface area contributed by atoms with Crippen LogP contribution < -0.4 is 0 Å². The smallest absolute Gasteiger partial charge is 0.267 e. The number of hydrogen-bond donors (Lipinski definition) is 0. The van der Waals surface area contributed by atoms with Crippen molar-refractivity contribution in [3.05, 3.63) is 27.0 Å². The zero-order valence-electron chi connectivity index (χ0n) is 8.56. The molecule has 0 spiro atoms. The van der Waals surface area contributed by atoms with Gasteiger partial charge in [-0.1, -0.05) is 0 Å². The maximum Gasteiger partial charge on any atom is 0.416 e. The SMILES string of the molecule is Cc1cc(C(F)(F)F)cc2c1c(I)nn2C. The van der Waals surface area contributed by atoms with Crippen molar-refractivity contribution in [1.29, 1.82) is 0 Å². The Labute approximate surface area is 104 Å². The third-order valence-electron chi connectivity index (χ3n) is 2.43. The van der Waals surface area contributed by atoms with Crippen molar-refractivity contribution in [3.63, 3.8) is 0 Å². The van der Waals surface area contributed by atoms with Crippen LogP contribution in [0, 0.1) is 10.6 Å². The normalized spacial score (nSPS) is 12.4. The van der Waals surface area contributed by atoms with Crippen molar-refractivity contribution in [2.45, 2.75) is 13.1 Å². The van der Waals surface area contributed by atoms with Crippen molar-refractivity contribution in [2.24, 2.45) is 7.05 Å². The van der Waals surface area contributed by atoms with Crippen molar-refractivity contribution < 1.29 is 13.2 Å². The number of aryl methyl sites for hydroxylation is 2. The second-order valence-corrected chi connectivity index (χ2v) is 4.62. The van der Waals surface area contributed by atoms with Gasteiger partial charge in [0, 0.05) is 12.4 Å². The lowest BCUT2D eigenvalue weighted by molar-refractivity contribution is -0.137. The van der Waals surface area contributed by atoms with E-state index in [0.29, 0.717) is 11.1 Å². The fraction of sp³-hybridized carbons (Fsp3) is 0.300. The molecule has 0 saturated carbocycles. The molecule has 0 aliphatic carbocycles. The summed E-state index contributed by atoms with van der Waals surface area (Å²) in [7, 11) is 1.64. The van der Waals surface area contributed by atoms with E-state index >= 15 is 0 Å². The first kappa shape index (κ1) is 11.7. The highest BCUT2D eigenvalue weighted by molar-refractivity contribution is 14.1. The van der Waals surface area contributed by atoms with Crippen LogP contribution in [-0.2, 0) is 13.2 Å². The monoisotopic (exact) mass is 340 g/mol. The quantitative estimate of drug-likeness (QED) is 0.671. The van der Waals surface area contributed by atoms with E-state index in [9.17, 15) is 13.2 Å². The van der Waals surface area contributed by atoms with Crippen molar-refractivity contribution in [2.75, 3.05) is 0 Å². The van der Waals surface area contributed by atoms with Gasteiger partial charge in [-0.05, 0) is 47.2 Å². The standard InChI is InChI=1S/C10H8F3IN2/c1-5-3-6(10(11,12)13)4-7-8(5)9(14)15-16(7)2/h3-4H,1-2H3. The molecule has 1 aromatic carbocycles. The highest BCUT2D eigenvalue weighted by Gasteiger charge is 2.31. The summed E-state index contributed by atoms with van der Waals surface area (Å²) >= 11 is 2.02. The average molecular weight is 340 g/mol. The molecule has 0 fully saturated rings. The Morgan fingerprint density at radius 3 is 2.50 bits per heavy atom. The lowest BCUT2D eigenvalue weighted by atomic mass is 10.1. The van der Waals surface area contributed by atoms with E-state index in [1.807, 2.05) is 22.6 Å². The van der Waals surface area contributed by atoms with Crippen LogP contribution in [0.4, 0.5) is 13.2 Å². The van der Waals surface area contributed by atoms with Gasteiger partial charge in [0.25, 0.3) is 0 Å². The number of hydrogen-bond acceptors (Lipinski definition) is 1. The molecule has 2 nitrogen and oxygen atoms in total. The van der Waals surface area contributed by atoms with Crippen molar-refractivity contribution >= 4 is 33.5 Å². The van der Waals surface area contributed by atoms with E-state index in [1.165, 1.54) is 4.68 Å². The molecular formula is C10H8F3IN2. The van der Waals surface area contributed by atoms with Gasteiger partial charge in [0.05, 0.1) is 11.1 Å². The molecule has 0 atom stereocenters. The molecule has 86 valence electrons. The summed E-state index contributed by atoms with van der Waals surface area (Å²) in [5.74, 6) is 0. The topological polar surface area (TPSA) is 17.8 Å². The minimum Gasteiger partial charge on any atom is -0.267 e. The number of rotatable bonds is 0. The van der Waals surface area contributed by atoms with Crippen LogP contribution in [0.15, 0.2) is 12.1 Å². The Balaban J connectivity index is 2.82. The summed E-state index contributed by atoms with van der Waals surface area (Å²) in [4.78, 5) is 0. The second-order valence-electron chi connectivity index (χ2n) is 3.60. The largest absolute Gasteiger partial charge is 0.416 e. The summed E-state index contributed by atoms with van der Waals surface area (Å²) in [5, 5.41) is 4.90. The van der Waals surface area contributed by atoms with Crippen LogP contribution in [0.3, 0.4) is 0 Å². The van der Waals surface area contributed by atoms with Crippen LogP contribution >= 0.6 is 22.6 Å². The predicted molar refractivity (Wildman–Crippen MR) is 63.2 cm³/mol. The van der Waals surface area contributed by atoms with Gasteiger partial charge in [-0.2, -0.15) is 18.3 Å². The fourth-order valence-electron chi connectivity index (χ4n) is 1.69. The Morgan fingerprint density at radius 1 is 1.31 bits per heavy atom. The van der Waals surface area contributed by atoms with Crippen LogP contribution in [0.5, 0.6) is 0 Å². The van der Waals surface area contributed by atoms with Crippen molar-refractivity contribution in [3.8, 4) is 0 Å². The lowest BCUT2D eigenvalue weighted by Crippen LogP contribution is -2.05. The van der Waals surface area contributed by atoms with Gasteiger partial charge in [-0.15, -0.1) is 0 Å². The molecule has 0 unspecified atom stereocenters. The van der Waals surface area contributed by atoms with Gasteiger partial charge in [-0.25, -0.2) is 0 Å². The molecule has 1 heterocycles. The number of halogens is 4. The summed E-state index contributed by atoms with van der Waals surface area (Å²) in [6.45, 7) is 1.67. The van der Waals surface area contributed by atoms with E-state index in [2.05, 4.69) is 5.10 Å². The molecule has 0 amide bonds. The first-order valence-electron chi connectivity index (χ1n) is 4.51. The second kappa shape index (κ2) is 3.61. The maximum atomic E-state index is 12.6. The molecule has 1 aromatic heterocycles. The summed E-state index contributed by atoms with van der Waals surface area (Å²) < 4.78 is 40.0. The van der Waals surface area contributed by atoms with Crippen LogP contribution in [-0.4, -0.2) is 9.78 Å². The van der Waals surface area contributed by atoms with E-state index < -0.39 is 11.7 Å². The molecule has 6 heteroatoms. The molecule has 16 heavy (non-hydrogen) atoms. The number of nitrogens with zero attached hydrogens (tertiary/aromatic N) is 2. The minimum atomic E-state index is -4.31. The molecule has 0 saturated heterocycles. The zero-order valence-corrected chi connectivity index (χ0v) is 10.7. The van der Waals surface area contributed by atoms with Gasteiger partial charge < -0.3 is 0 Å². The van der Waals surface area contributed by atoms with E-state index in [4.69, 9.17) is 0 Å². The van der Waals surface area contributed by atoms with Gasteiger partial charge in [0.1, 0.15) is 3.70 Å². The zero-order chi connectivity index (χ0) is 12.1. The number of alkyl halides is 3. The predicted octanol–water partition coefficient (Wildman–Crippen LogP) is 3.51. The van der Waals surface area contributed by atoms with Gasteiger partial charge in [-0.3, -0.25) is 4.68 Å². The number of fused-ring (bicyclic) bond motifs is 1. The molecular weight excluding hydrogens is 332 g/mol. The Morgan fingerprint density at radius 2 is 1.94 bits per heavy atom. The third-order valence-corrected chi connectivity index (χ3v) is 3.19. The summed E-state index contributed by atoms with van der Waals surface area (Å²) in [6, 6.07) is 2.30. The molecule has 0 aliphatic heterocycles. The van der Waals surface area contributed by atoms with Gasteiger partial charge >= 0.3 is 6.18 Å². The van der Waals surface area contributed by atoms with E-state index in [0.717, 1.165) is 21.2 Å². The number of aromatic nitrogens is 2. The first-order chi connectivity index (χ1) is 7.30. The molecule has 0 radical (unpaired) electrons. The number of benzene rings is 1. The van der Waals surface area contributed by atoms with Crippen LogP contribution in [0.1, 0.15) is 11.1 Å². The van der Waals surface area contributed by atoms with Crippen molar-refractivity contribution in [1.82, 2.24) is 9.78 Å². The lowest BCUT2D eigenvalue weighted by Gasteiger charge is -2.08. The van der Waals surface area contributed by atoms with E-state index in [-0.39, 0.29) is 0 Å². The molecule has 0 aliphatic rings. The molecule has 2 rings (SSSR count). The average Bonchev–Trinajstić information content (AvgIpc) is 2.41. The Hall–Kier alpha value is -0.790. The molecule has 0 N–H and O–H groups in total. The third kappa shape index (κ3) is 1.79. The molecule has 0 bridgehead atoms. The van der Waals surface area contributed by atoms with Gasteiger partial charge in [0.2, 0.25) is 0 Å². The minimum absolute atomic E-state index is 0.511. The molecule has 2 aromatic rings. The summed E-state index contributed by atoms with van der Waals surface area (Å²) in [6.07, 6.45) is -4.31. The fourth-order valence-corrected chi connectivity index (χ4v) is 2.72. The van der Waals surface area contributed by atoms with Gasteiger partial charge in [0.15, 0.2) is 0 Å². The Bertz CT molecular complexity index is 557. The van der Waals surface area contributed by atoms with Crippen LogP contribution in [0.2, 0.25) is 0 Å². The highest BCUT2D eigenvalue weighted by atomic mass is 127. The first-order valence-corrected chi connectivity index (χ1v) is 5.58. The van der Waals surface area contributed by atoms with Crippen LogP contribution in [0.25, 0.3) is 10.9 Å². The maximum absolute atomic E-state index is 12.6. The summed E-state index contributed by atoms with van der Waals surface area (Å²) in [5.41, 5.74) is 0.482. The Kier molecular flexibility index (Phi) is 2.64. The highest BCUT2D eigenvalue weighted by Crippen LogP contribution is 2.34. The van der Waals surface area contributed by atoms with E-state index in [1.54, 1.807) is 14.0 Å².